The number of ether oxygens (including phenoxy) is 1. The van der Waals surface area contributed by atoms with E-state index in [9.17, 15) is 14.4 Å². The number of nitrogens with zero attached hydrogens (tertiary/aromatic N) is 1. The summed E-state index contributed by atoms with van der Waals surface area (Å²) in [5.74, 6) is -2.44. The Hall–Kier alpha value is -3.46. The second-order valence-corrected chi connectivity index (χ2v) is 11.9. The van der Waals surface area contributed by atoms with Crippen molar-refractivity contribution in [1.82, 2.24) is 15.5 Å². The van der Waals surface area contributed by atoms with E-state index in [4.69, 9.17) is 16.3 Å². The number of fused-ring (bicyclic) bond motifs is 1. The van der Waals surface area contributed by atoms with Gasteiger partial charge in [0.25, 0.3) is 0 Å². The average Bonchev–Trinajstić information content (AvgIpc) is 3.68. The van der Waals surface area contributed by atoms with Crippen LogP contribution in [0.15, 0.2) is 84.3 Å². The highest BCUT2D eigenvalue weighted by Gasteiger charge is 2.76. The molecule has 3 aliphatic rings. The van der Waals surface area contributed by atoms with Gasteiger partial charge in [-0.15, -0.1) is 11.3 Å². The summed E-state index contributed by atoms with van der Waals surface area (Å²) >= 11 is 7.64. The van der Waals surface area contributed by atoms with Crippen molar-refractivity contribution in [2.24, 2.45) is 11.8 Å². The second kappa shape index (κ2) is 9.93. The maximum absolute atomic E-state index is 14.2. The average molecular weight is 562 g/mol. The van der Waals surface area contributed by atoms with Gasteiger partial charge in [-0.2, -0.15) is 0 Å². The molecule has 9 heteroatoms. The zero-order valence-electron chi connectivity index (χ0n) is 21.3. The molecule has 3 aromatic rings. The summed E-state index contributed by atoms with van der Waals surface area (Å²) < 4.78 is 6.57. The van der Waals surface area contributed by atoms with Gasteiger partial charge in [-0.1, -0.05) is 72.3 Å². The zero-order chi connectivity index (χ0) is 27.2. The first-order valence-corrected chi connectivity index (χ1v) is 14.1. The van der Waals surface area contributed by atoms with E-state index < -0.39 is 29.1 Å². The van der Waals surface area contributed by atoms with Crippen molar-refractivity contribution in [2.45, 2.75) is 43.8 Å². The maximum atomic E-state index is 14.2. The standard InChI is InChI=1S/C30H28ClN3O4S/c1-29-13-14-30(38-29)24(23(29)26(35)33-17-22-8-5-15-39-22)28(37)34(18-20-9-11-21(31)12-10-20)25(30)27(36)32-16-19-6-3-2-4-7-19/h2-15,23-25H,16-18H2,1H3,(H,32,36)(H,33,35)/t23-,24+,25+,29+,30-/m1/s1. The van der Waals surface area contributed by atoms with Crippen LogP contribution in [0.25, 0.3) is 0 Å². The van der Waals surface area contributed by atoms with Crippen molar-refractivity contribution in [1.29, 1.82) is 0 Å². The molecule has 2 N–H and O–H groups in total. The van der Waals surface area contributed by atoms with Gasteiger partial charge in [-0.05, 0) is 41.6 Å². The number of amides is 3. The molecule has 2 aromatic carbocycles. The molecule has 39 heavy (non-hydrogen) atoms. The van der Waals surface area contributed by atoms with Gasteiger partial charge in [0.1, 0.15) is 11.6 Å². The molecule has 2 bridgehead atoms. The fourth-order valence-electron chi connectivity index (χ4n) is 6.17. The number of thiophene rings is 1. The maximum Gasteiger partial charge on any atom is 0.246 e. The summed E-state index contributed by atoms with van der Waals surface area (Å²) in [4.78, 5) is 44.2. The van der Waals surface area contributed by atoms with Crippen LogP contribution >= 0.6 is 22.9 Å². The predicted molar refractivity (Wildman–Crippen MR) is 149 cm³/mol. The van der Waals surface area contributed by atoms with E-state index in [-0.39, 0.29) is 24.3 Å². The second-order valence-electron chi connectivity index (χ2n) is 10.4. The van der Waals surface area contributed by atoms with Gasteiger partial charge in [-0.3, -0.25) is 14.4 Å². The number of halogens is 1. The Bertz CT molecular complexity index is 1430. The van der Waals surface area contributed by atoms with Crippen LogP contribution in [0.1, 0.15) is 22.9 Å². The largest absolute Gasteiger partial charge is 0.356 e. The molecule has 0 saturated carbocycles. The number of likely N-dealkylation sites (tertiary alicyclic amines) is 1. The number of hydrogen-bond donors (Lipinski definition) is 2. The molecule has 4 heterocycles. The third kappa shape index (κ3) is 4.46. The summed E-state index contributed by atoms with van der Waals surface area (Å²) in [6.07, 6.45) is 3.67. The topological polar surface area (TPSA) is 87.7 Å². The highest BCUT2D eigenvalue weighted by molar-refractivity contribution is 7.09. The minimum absolute atomic E-state index is 0.190. The minimum atomic E-state index is -1.25. The predicted octanol–water partition coefficient (Wildman–Crippen LogP) is 4.08. The molecular weight excluding hydrogens is 534 g/mol. The quantitative estimate of drug-likeness (QED) is 0.406. The first-order valence-electron chi connectivity index (χ1n) is 12.9. The van der Waals surface area contributed by atoms with Crippen LogP contribution in [-0.4, -0.2) is 39.9 Å². The van der Waals surface area contributed by atoms with E-state index in [0.29, 0.717) is 18.1 Å². The lowest BCUT2D eigenvalue weighted by atomic mass is 9.70. The Morgan fingerprint density at radius 1 is 0.949 bits per heavy atom. The van der Waals surface area contributed by atoms with Gasteiger partial charge in [0.05, 0.1) is 24.0 Å². The normalized spacial score (nSPS) is 28.5. The Morgan fingerprint density at radius 2 is 1.69 bits per heavy atom. The van der Waals surface area contributed by atoms with Crippen LogP contribution < -0.4 is 10.6 Å². The number of rotatable bonds is 8. The van der Waals surface area contributed by atoms with Crippen molar-refractivity contribution in [3.63, 3.8) is 0 Å². The number of carbonyl (C=O) groups excluding carboxylic acids is 3. The van der Waals surface area contributed by atoms with Gasteiger partial charge in [0, 0.05) is 23.0 Å². The van der Waals surface area contributed by atoms with Crippen molar-refractivity contribution in [3.05, 3.63) is 105 Å². The summed E-state index contributed by atoms with van der Waals surface area (Å²) in [5, 5.41) is 8.55. The molecule has 6 rings (SSSR count). The van der Waals surface area contributed by atoms with Gasteiger partial charge < -0.3 is 20.3 Å². The summed E-state index contributed by atoms with van der Waals surface area (Å²) in [6.45, 7) is 2.69. The van der Waals surface area contributed by atoms with Crippen molar-refractivity contribution >= 4 is 40.7 Å². The van der Waals surface area contributed by atoms with E-state index in [0.717, 1.165) is 16.0 Å². The summed E-state index contributed by atoms with van der Waals surface area (Å²) in [6, 6.07) is 19.7. The molecule has 0 aliphatic carbocycles. The molecule has 3 aliphatic heterocycles. The van der Waals surface area contributed by atoms with Crippen LogP contribution in [-0.2, 0) is 38.8 Å². The Labute approximate surface area is 235 Å². The SMILES string of the molecule is C[C@@]12C=C[C@@]3(O1)[C@H](C(=O)N(Cc1ccc(Cl)cc1)[C@H]3C(=O)NCc1ccccc1)[C@@H]2C(=O)NCc1cccs1. The third-order valence-electron chi connectivity index (χ3n) is 7.92. The smallest absolute Gasteiger partial charge is 0.246 e. The van der Waals surface area contributed by atoms with Gasteiger partial charge in [0.15, 0.2) is 0 Å². The van der Waals surface area contributed by atoms with Crippen LogP contribution in [0.5, 0.6) is 0 Å². The Kier molecular flexibility index (Phi) is 6.57. The Balaban J connectivity index is 1.32. The number of benzene rings is 2. The van der Waals surface area contributed by atoms with Crippen LogP contribution in [0.3, 0.4) is 0 Å². The minimum Gasteiger partial charge on any atom is -0.356 e. The van der Waals surface area contributed by atoms with E-state index in [1.807, 2.05) is 79.1 Å². The molecule has 0 unspecified atom stereocenters. The molecule has 1 aromatic heterocycles. The summed E-state index contributed by atoms with van der Waals surface area (Å²) in [5.41, 5.74) is -0.472. The molecular formula is C30H28ClN3O4S. The lowest BCUT2D eigenvalue weighted by Gasteiger charge is -2.33. The lowest BCUT2D eigenvalue weighted by molar-refractivity contribution is -0.145. The van der Waals surface area contributed by atoms with Crippen molar-refractivity contribution < 1.29 is 19.1 Å². The molecule has 200 valence electrons. The van der Waals surface area contributed by atoms with Crippen LogP contribution in [0.2, 0.25) is 5.02 Å². The first kappa shape index (κ1) is 25.8. The third-order valence-corrected chi connectivity index (χ3v) is 9.05. The molecule has 5 atom stereocenters. The highest BCUT2D eigenvalue weighted by Crippen LogP contribution is 2.59. The lowest BCUT2D eigenvalue weighted by Crippen LogP contribution is -2.54. The van der Waals surface area contributed by atoms with Crippen molar-refractivity contribution in [3.8, 4) is 0 Å². The fourth-order valence-corrected chi connectivity index (χ4v) is 6.94. The fraction of sp³-hybridized carbons (Fsp3) is 0.300. The summed E-state index contributed by atoms with van der Waals surface area (Å²) in [7, 11) is 0. The number of carbonyl (C=O) groups is 3. The zero-order valence-corrected chi connectivity index (χ0v) is 22.9. The van der Waals surface area contributed by atoms with E-state index in [1.165, 1.54) is 0 Å². The van der Waals surface area contributed by atoms with Gasteiger partial charge >= 0.3 is 0 Å². The van der Waals surface area contributed by atoms with E-state index in [1.54, 1.807) is 28.4 Å². The van der Waals surface area contributed by atoms with E-state index in [2.05, 4.69) is 10.6 Å². The molecule has 7 nitrogen and oxygen atoms in total. The van der Waals surface area contributed by atoms with Crippen LogP contribution in [0.4, 0.5) is 0 Å². The van der Waals surface area contributed by atoms with E-state index >= 15 is 0 Å². The molecule has 2 fully saturated rings. The first-order chi connectivity index (χ1) is 18.8. The molecule has 0 radical (unpaired) electrons. The van der Waals surface area contributed by atoms with Gasteiger partial charge in [0.2, 0.25) is 17.7 Å². The van der Waals surface area contributed by atoms with Crippen LogP contribution in [0, 0.1) is 11.8 Å². The molecule has 1 spiro atoms. The molecule has 2 saturated heterocycles. The number of nitrogens with one attached hydrogen (secondary N) is 2. The van der Waals surface area contributed by atoms with Crippen molar-refractivity contribution in [2.75, 3.05) is 0 Å². The molecule has 3 amide bonds. The van der Waals surface area contributed by atoms with Gasteiger partial charge in [-0.25, -0.2) is 0 Å². The monoisotopic (exact) mass is 561 g/mol. The Morgan fingerprint density at radius 3 is 2.41 bits per heavy atom. The number of hydrogen-bond acceptors (Lipinski definition) is 5. The highest BCUT2D eigenvalue weighted by atomic mass is 35.5.